The average molecular weight is 261 g/mol. The van der Waals surface area contributed by atoms with Crippen molar-refractivity contribution in [3.8, 4) is 0 Å². The lowest BCUT2D eigenvalue weighted by molar-refractivity contribution is 0.393. The summed E-state index contributed by atoms with van der Waals surface area (Å²) >= 11 is 2.17. The van der Waals surface area contributed by atoms with E-state index >= 15 is 0 Å². The van der Waals surface area contributed by atoms with Crippen LogP contribution in [0.2, 0.25) is 0 Å². The van der Waals surface area contributed by atoms with Crippen LogP contribution in [0.4, 0.5) is 0 Å². The van der Waals surface area contributed by atoms with E-state index in [1.165, 1.54) is 43.2 Å². The van der Waals surface area contributed by atoms with Gasteiger partial charge in [-0.2, -0.15) is 11.8 Å². The summed E-state index contributed by atoms with van der Waals surface area (Å²) in [5, 5.41) is 1.46. The molecule has 2 heteroatoms. The van der Waals surface area contributed by atoms with Crippen molar-refractivity contribution in [1.82, 2.24) is 0 Å². The normalized spacial score (nSPS) is 35.4. The Morgan fingerprint density at radius 2 is 2.06 bits per heavy atom. The smallest absolute Gasteiger partial charge is 0.0421 e. The van der Waals surface area contributed by atoms with Crippen LogP contribution in [0.1, 0.15) is 49.8 Å². The fraction of sp³-hybridized carbons (Fsp3) is 0.625. The van der Waals surface area contributed by atoms with E-state index in [1.54, 1.807) is 0 Å². The zero-order valence-corrected chi connectivity index (χ0v) is 12.0. The molecule has 1 nitrogen and oxygen atoms in total. The molecule has 98 valence electrons. The summed E-state index contributed by atoms with van der Waals surface area (Å²) < 4.78 is 0. The molecule has 2 aliphatic carbocycles. The van der Waals surface area contributed by atoms with E-state index in [0.717, 1.165) is 11.2 Å². The summed E-state index contributed by atoms with van der Waals surface area (Å²) in [5.41, 5.74) is 9.29. The van der Waals surface area contributed by atoms with Crippen molar-refractivity contribution in [3.05, 3.63) is 35.4 Å². The highest BCUT2D eigenvalue weighted by Gasteiger charge is 2.32. The second-order valence-corrected chi connectivity index (χ2v) is 7.54. The molecule has 0 radical (unpaired) electrons. The Bertz CT molecular complexity index is 417. The first-order chi connectivity index (χ1) is 8.74. The maximum Gasteiger partial charge on any atom is 0.0421 e. The number of hydrogen-bond donors (Lipinski definition) is 1. The molecular weight excluding hydrogens is 238 g/mol. The Kier molecular flexibility index (Phi) is 3.67. The fourth-order valence-electron chi connectivity index (χ4n) is 3.47. The van der Waals surface area contributed by atoms with Gasteiger partial charge in [-0.05, 0) is 36.3 Å². The number of rotatable bonds is 2. The van der Waals surface area contributed by atoms with Crippen molar-refractivity contribution in [2.24, 2.45) is 11.7 Å². The number of benzene rings is 1. The Balaban J connectivity index is 1.65. The third kappa shape index (κ3) is 2.46. The van der Waals surface area contributed by atoms with Gasteiger partial charge in [-0.25, -0.2) is 0 Å². The molecule has 0 spiro atoms. The lowest BCUT2D eigenvalue weighted by atomic mass is 9.91. The largest absolute Gasteiger partial charge is 0.323 e. The molecule has 18 heavy (non-hydrogen) atoms. The Hall–Kier alpha value is -0.470. The minimum absolute atomic E-state index is 0.253. The number of thioether (sulfide) groups is 1. The maximum atomic E-state index is 6.42. The summed E-state index contributed by atoms with van der Waals surface area (Å²) in [6.45, 7) is 2.40. The van der Waals surface area contributed by atoms with Crippen molar-refractivity contribution < 1.29 is 0 Å². The molecule has 0 bridgehead atoms. The van der Waals surface area contributed by atoms with Crippen LogP contribution in [0.3, 0.4) is 0 Å². The lowest BCUT2D eigenvalue weighted by Crippen LogP contribution is -2.24. The van der Waals surface area contributed by atoms with Crippen LogP contribution in [0.15, 0.2) is 24.3 Å². The fourth-order valence-corrected chi connectivity index (χ4v) is 5.30. The molecule has 3 rings (SSSR count). The zero-order valence-electron chi connectivity index (χ0n) is 11.1. The molecule has 1 aromatic rings. The van der Waals surface area contributed by atoms with Crippen molar-refractivity contribution in [3.63, 3.8) is 0 Å². The van der Waals surface area contributed by atoms with E-state index in [-0.39, 0.29) is 6.04 Å². The molecule has 1 fully saturated rings. The SMILES string of the molecule is CC1CCCC(SC2Cc3ccccc3C2N)C1. The standard InChI is InChI=1S/C16H23NS/c1-11-5-4-7-13(9-11)18-15-10-12-6-2-3-8-14(12)16(15)17/h2-3,6,8,11,13,15-16H,4-5,7,9-10,17H2,1H3. The molecule has 2 aliphatic rings. The molecule has 1 saturated carbocycles. The second kappa shape index (κ2) is 5.26. The summed E-state index contributed by atoms with van der Waals surface area (Å²) in [7, 11) is 0. The number of nitrogens with two attached hydrogens (primary N) is 1. The van der Waals surface area contributed by atoms with Crippen LogP contribution in [-0.2, 0) is 6.42 Å². The van der Waals surface area contributed by atoms with Gasteiger partial charge in [0.15, 0.2) is 0 Å². The van der Waals surface area contributed by atoms with E-state index in [1.807, 2.05) is 0 Å². The van der Waals surface area contributed by atoms with Crippen LogP contribution in [0, 0.1) is 5.92 Å². The highest BCUT2D eigenvalue weighted by Crippen LogP contribution is 2.42. The molecule has 1 aromatic carbocycles. The van der Waals surface area contributed by atoms with E-state index in [2.05, 4.69) is 43.0 Å². The third-order valence-corrected chi connectivity index (χ3v) is 6.11. The average Bonchev–Trinajstić information content (AvgIpc) is 2.67. The van der Waals surface area contributed by atoms with Crippen LogP contribution < -0.4 is 5.73 Å². The van der Waals surface area contributed by atoms with Crippen LogP contribution in [-0.4, -0.2) is 10.5 Å². The van der Waals surface area contributed by atoms with Gasteiger partial charge < -0.3 is 5.73 Å². The lowest BCUT2D eigenvalue weighted by Gasteiger charge is -2.29. The molecule has 0 saturated heterocycles. The van der Waals surface area contributed by atoms with E-state index in [4.69, 9.17) is 5.73 Å². The highest BCUT2D eigenvalue weighted by atomic mass is 32.2. The second-order valence-electron chi connectivity index (χ2n) is 6.00. The molecule has 0 heterocycles. The molecule has 0 aromatic heterocycles. The van der Waals surface area contributed by atoms with Gasteiger partial charge in [-0.15, -0.1) is 0 Å². The Morgan fingerprint density at radius 1 is 1.22 bits per heavy atom. The van der Waals surface area contributed by atoms with Gasteiger partial charge in [-0.1, -0.05) is 44.0 Å². The van der Waals surface area contributed by atoms with Crippen molar-refractivity contribution in [2.75, 3.05) is 0 Å². The monoisotopic (exact) mass is 261 g/mol. The van der Waals surface area contributed by atoms with Gasteiger partial charge in [0.25, 0.3) is 0 Å². The molecular formula is C16H23NS. The highest BCUT2D eigenvalue weighted by molar-refractivity contribution is 8.00. The predicted octanol–water partition coefficient (Wildman–Crippen LogP) is 3.92. The first-order valence-corrected chi connectivity index (χ1v) is 8.17. The van der Waals surface area contributed by atoms with Gasteiger partial charge in [0.2, 0.25) is 0 Å². The molecule has 0 aliphatic heterocycles. The van der Waals surface area contributed by atoms with E-state index in [0.29, 0.717) is 5.25 Å². The Morgan fingerprint density at radius 3 is 2.83 bits per heavy atom. The topological polar surface area (TPSA) is 26.0 Å². The van der Waals surface area contributed by atoms with Gasteiger partial charge in [-0.3, -0.25) is 0 Å². The zero-order chi connectivity index (χ0) is 12.5. The van der Waals surface area contributed by atoms with Crippen molar-refractivity contribution in [2.45, 2.75) is 55.6 Å². The minimum atomic E-state index is 0.253. The van der Waals surface area contributed by atoms with E-state index < -0.39 is 0 Å². The summed E-state index contributed by atoms with van der Waals surface area (Å²) in [4.78, 5) is 0. The summed E-state index contributed by atoms with van der Waals surface area (Å²) in [5.74, 6) is 0.913. The van der Waals surface area contributed by atoms with Crippen molar-refractivity contribution >= 4 is 11.8 Å². The first-order valence-electron chi connectivity index (χ1n) is 7.23. The summed E-state index contributed by atoms with van der Waals surface area (Å²) in [6, 6.07) is 8.97. The van der Waals surface area contributed by atoms with Crippen LogP contribution in [0.25, 0.3) is 0 Å². The van der Waals surface area contributed by atoms with Gasteiger partial charge >= 0.3 is 0 Å². The summed E-state index contributed by atoms with van der Waals surface area (Å²) in [6.07, 6.45) is 6.80. The van der Waals surface area contributed by atoms with Crippen LogP contribution >= 0.6 is 11.8 Å². The third-order valence-electron chi connectivity index (χ3n) is 4.49. The minimum Gasteiger partial charge on any atom is -0.323 e. The number of fused-ring (bicyclic) bond motifs is 1. The molecule has 4 atom stereocenters. The van der Waals surface area contributed by atoms with Gasteiger partial charge in [0, 0.05) is 16.5 Å². The number of hydrogen-bond acceptors (Lipinski definition) is 2. The van der Waals surface area contributed by atoms with Crippen LogP contribution in [0.5, 0.6) is 0 Å². The first kappa shape index (κ1) is 12.6. The van der Waals surface area contributed by atoms with Gasteiger partial charge in [0.1, 0.15) is 0 Å². The quantitative estimate of drug-likeness (QED) is 0.873. The maximum absolute atomic E-state index is 6.42. The molecule has 4 unspecified atom stereocenters. The predicted molar refractivity (Wildman–Crippen MR) is 79.9 cm³/mol. The molecule has 2 N–H and O–H groups in total. The molecule has 0 amide bonds. The van der Waals surface area contributed by atoms with Gasteiger partial charge in [0.05, 0.1) is 0 Å². The Labute approximate surface area is 115 Å². The van der Waals surface area contributed by atoms with E-state index in [9.17, 15) is 0 Å². The van der Waals surface area contributed by atoms with Crippen molar-refractivity contribution in [1.29, 1.82) is 0 Å².